The topological polar surface area (TPSA) is 169 Å². The predicted molar refractivity (Wildman–Crippen MR) is 296 cm³/mol. The van der Waals surface area contributed by atoms with Gasteiger partial charge in [0.25, 0.3) is 0 Å². The van der Waals surface area contributed by atoms with Crippen molar-refractivity contribution in [2.75, 3.05) is 13.2 Å². The van der Waals surface area contributed by atoms with E-state index in [4.69, 9.17) is 9.47 Å². The van der Waals surface area contributed by atoms with Crippen LogP contribution in [-0.2, 0) is 14.3 Å². The van der Waals surface area contributed by atoms with Crippen LogP contribution in [0.4, 0.5) is 0 Å². The average Bonchev–Trinajstić information content (AvgIpc) is 3.37. The highest BCUT2D eigenvalue weighted by Gasteiger charge is 2.44. The summed E-state index contributed by atoms with van der Waals surface area (Å²) < 4.78 is 11.2. The van der Waals surface area contributed by atoms with Gasteiger partial charge in [-0.25, -0.2) is 0 Å². The quantitative estimate of drug-likeness (QED) is 0.0232. The zero-order valence-corrected chi connectivity index (χ0v) is 46.1. The molecule has 1 saturated heterocycles. The van der Waals surface area contributed by atoms with Crippen molar-refractivity contribution in [2.24, 2.45) is 0 Å². The van der Waals surface area contributed by atoms with Crippen molar-refractivity contribution in [3.63, 3.8) is 0 Å². The number of nitrogens with one attached hydrogen (secondary N) is 1. The van der Waals surface area contributed by atoms with Gasteiger partial charge in [0.2, 0.25) is 5.91 Å². The molecule has 0 spiro atoms. The molecule has 71 heavy (non-hydrogen) atoms. The van der Waals surface area contributed by atoms with Gasteiger partial charge in [0.15, 0.2) is 6.29 Å². The molecule has 0 bridgehead atoms. The number of ether oxygens (including phenoxy) is 2. The fourth-order valence-corrected chi connectivity index (χ4v) is 9.65. The van der Waals surface area contributed by atoms with E-state index in [-0.39, 0.29) is 6.61 Å². The number of rotatable bonds is 52. The molecule has 0 aromatic rings. The van der Waals surface area contributed by atoms with Crippen LogP contribution in [0.1, 0.15) is 284 Å². The third kappa shape index (κ3) is 39.5. The lowest BCUT2D eigenvalue weighted by molar-refractivity contribution is -0.302. The predicted octanol–water partition coefficient (Wildman–Crippen LogP) is 14.1. The molecular weight excluding hydrogens is 891 g/mol. The van der Waals surface area contributed by atoms with Crippen molar-refractivity contribution in [1.29, 1.82) is 0 Å². The van der Waals surface area contributed by atoms with Crippen LogP contribution >= 0.6 is 0 Å². The Morgan fingerprint density at radius 3 is 1.23 bits per heavy atom. The van der Waals surface area contributed by atoms with Crippen LogP contribution in [0, 0.1) is 0 Å². The molecule has 10 heteroatoms. The van der Waals surface area contributed by atoms with Crippen molar-refractivity contribution in [3.8, 4) is 0 Å². The van der Waals surface area contributed by atoms with Crippen LogP contribution in [-0.4, -0.2) is 98.7 Å². The molecule has 1 heterocycles. The molecule has 0 aromatic heterocycles. The normalized spacial score (nSPS) is 19.9. The highest BCUT2D eigenvalue weighted by molar-refractivity contribution is 5.80. The Hall–Kier alpha value is -1.63. The molecule has 0 saturated carbocycles. The number of hydrogen-bond acceptors (Lipinski definition) is 9. The van der Waals surface area contributed by atoms with Crippen molar-refractivity contribution in [2.45, 2.75) is 332 Å². The van der Waals surface area contributed by atoms with E-state index in [0.29, 0.717) is 19.3 Å². The maximum atomic E-state index is 13.1. The molecule has 8 unspecified atom stereocenters. The molecule has 418 valence electrons. The van der Waals surface area contributed by atoms with Crippen molar-refractivity contribution in [1.82, 2.24) is 5.32 Å². The van der Waals surface area contributed by atoms with E-state index < -0.39 is 61.5 Å². The van der Waals surface area contributed by atoms with E-state index in [1.165, 1.54) is 218 Å². The van der Waals surface area contributed by atoms with Crippen LogP contribution in [0.5, 0.6) is 0 Å². The zero-order valence-electron chi connectivity index (χ0n) is 46.1. The average molecular weight is 1010 g/mol. The molecule has 10 nitrogen and oxygen atoms in total. The number of hydrogen-bond donors (Lipinski definition) is 7. The third-order valence-corrected chi connectivity index (χ3v) is 14.5. The number of carbonyl (C=O) groups is 1. The van der Waals surface area contributed by atoms with E-state index >= 15 is 0 Å². The molecule has 0 aromatic carbocycles. The van der Waals surface area contributed by atoms with Crippen molar-refractivity contribution >= 4 is 5.91 Å². The Kier molecular flexibility index (Phi) is 48.0. The number of unbranched alkanes of at least 4 members (excludes halogenated alkanes) is 37. The number of aliphatic hydroxyl groups is 6. The van der Waals surface area contributed by atoms with Crippen LogP contribution in [0.15, 0.2) is 36.5 Å². The first-order valence-corrected chi connectivity index (χ1v) is 30.3. The summed E-state index contributed by atoms with van der Waals surface area (Å²) in [5.74, 6) is -0.624. The largest absolute Gasteiger partial charge is 0.394 e. The first kappa shape index (κ1) is 67.4. The van der Waals surface area contributed by atoms with Gasteiger partial charge in [-0.05, 0) is 57.8 Å². The molecule has 1 aliphatic rings. The monoisotopic (exact) mass is 1010 g/mol. The summed E-state index contributed by atoms with van der Waals surface area (Å²) in [5.41, 5.74) is 0. The molecule has 1 rings (SSSR count). The summed E-state index contributed by atoms with van der Waals surface area (Å²) in [5, 5.41) is 64.9. The third-order valence-electron chi connectivity index (χ3n) is 14.5. The van der Waals surface area contributed by atoms with Crippen molar-refractivity contribution in [3.05, 3.63) is 36.5 Å². The highest BCUT2D eigenvalue weighted by atomic mass is 16.7. The van der Waals surface area contributed by atoms with Gasteiger partial charge in [-0.1, -0.05) is 262 Å². The maximum absolute atomic E-state index is 13.1. The Bertz CT molecular complexity index is 1230. The second-order valence-corrected chi connectivity index (χ2v) is 21.3. The Morgan fingerprint density at radius 1 is 0.479 bits per heavy atom. The summed E-state index contributed by atoms with van der Waals surface area (Å²) in [4.78, 5) is 13.1. The van der Waals surface area contributed by atoms with Gasteiger partial charge in [-0.15, -0.1) is 0 Å². The number of amides is 1. The fraction of sp³-hybridized carbons (Fsp3) is 0.885. The molecule has 1 amide bonds. The molecule has 1 aliphatic heterocycles. The standard InChI is InChI=1S/C61H115NO9/c1-3-5-7-9-11-13-15-17-18-19-20-21-22-23-24-25-26-27-28-29-30-31-32-33-34-35-36-37-38-40-42-44-46-48-50-55(65)60(69)62-53(52-70-61-59(68)58(67)57(66)56(51-63)71-61)54(64)49-47-45-43-41-39-16-14-12-10-8-6-4-2/h25-26,39,41,47,49,53-59,61,63-68H,3-24,27-38,40,42-46,48,50-52H2,1-2H3,(H,62,69)/b26-25-,41-39+,49-47+. The minimum absolute atomic E-state index is 0.306. The lowest BCUT2D eigenvalue weighted by Crippen LogP contribution is -2.60. The van der Waals surface area contributed by atoms with Crippen LogP contribution in [0.2, 0.25) is 0 Å². The summed E-state index contributed by atoms with van der Waals surface area (Å²) in [7, 11) is 0. The van der Waals surface area contributed by atoms with Gasteiger partial charge in [0.05, 0.1) is 25.4 Å². The highest BCUT2D eigenvalue weighted by Crippen LogP contribution is 2.23. The van der Waals surface area contributed by atoms with Gasteiger partial charge < -0.3 is 45.4 Å². The second kappa shape index (κ2) is 50.5. The fourth-order valence-electron chi connectivity index (χ4n) is 9.65. The van der Waals surface area contributed by atoms with Gasteiger partial charge >= 0.3 is 0 Å². The van der Waals surface area contributed by atoms with E-state index in [1.54, 1.807) is 6.08 Å². The lowest BCUT2D eigenvalue weighted by atomic mass is 9.99. The Morgan fingerprint density at radius 2 is 0.831 bits per heavy atom. The summed E-state index contributed by atoms with van der Waals surface area (Å²) in [6, 6.07) is -0.995. The zero-order chi connectivity index (χ0) is 51.7. The molecule has 1 fully saturated rings. The molecule has 0 aliphatic carbocycles. The van der Waals surface area contributed by atoms with Crippen molar-refractivity contribution < 1.29 is 44.9 Å². The summed E-state index contributed by atoms with van der Waals surface area (Å²) in [6.45, 7) is 3.60. The minimum Gasteiger partial charge on any atom is -0.394 e. The van der Waals surface area contributed by atoms with Gasteiger partial charge in [0, 0.05) is 0 Å². The van der Waals surface area contributed by atoms with E-state index in [9.17, 15) is 35.4 Å². The SMILES string of the molecule is CCCCCCCC/C=C/CC/C=C/C(O)C(COC1OC(CO)C(O)C(O)C1O)NC(=O)C(O)CCCCCCCCCCCCCCCCCC/C=C\CCCCCCCCCCCCCCCC. The Labute approximate surface area is 436 Å². The van der Waals surface area contributed by atoms with Gasteiger partial charge in [0.1, 0.15) is 30.5 Å². The number of aliphatic hydroxyl groups excluding tert-OH is 6. The van der Waals surface area contributed by atoms with Gasteiger partial charge in [-0.3, -0.25) is 4.79 Å². The number of allylic oxidation sites excluding steroid dienone is 5. The maximum Gasteiger partial charge on any atom is 0.249 e. The lowest BCUT2D eigenvalue weighted by Gasteiger charge is -2.40. The van der Waals surface area contributed by atoms with E-state index in [1.807, 2.05) is 6.08 Å². The van der Waals surface area contributed by atoms with E-state index in [0.717, 1.165) is 32.1 Å². The first-order valence-electron chi connectivity index (χ1n) is 30.3. The van der Waals surface area contributed by atoms with E-state index in [2.05, 4.69) is 43.5 Å². The molecule has 0 radical (unpaired) electrons. The summed E-state index contributed by atoms with van der Waals surface area (Å²) in [6.07, 6.45) is 55.7. The second-order valence-electron chi connectivity index (χ2n) is 21.3. The molecular formula is C61H115NO9. The Balaban J connectivity index is 2.12. The smallest absolute Gasteiger partial charge is 0.249 e. The number of carbonyl (C=O) groups excluding carboxylic acids is 1. The minimum atomic E-state index is -1.61. The van der Waals surface area contributed by atoms with Gasteiger partial charge in [-0.2, -0.15) is 0 Å². The summed E-state index contributed by atoms with van der Waals surface area (Å²) >= 11 is 0. The first-order chi connectivity index (χ1) is 34.8. The van der Waals surface area contributed by atoms with Crippen LogP contribution in [0.3, 0.4) is 0 Å². The molecule has 7 N–H and O–H groups in total. The van der Waals surface area contributed by atoms with Crippen LogP contribution in [0.25, 0.3) is 0 Å². The van der Waals surface area contributed by atoms with Crippen LogP contribution < -0.4 is 5.32 Å². The molecule has 8 atom stereocenters.